The van der Waals surface area contributed by atoms with E-state index in [1.54, 1.807) is 11.3 Å². The van der Waals surface area contributed by atoms with Crippen LogP contribution in [-0.4, -0.2) is 0 Å². The Labute approximate surface area is 125 Å². The van der Waals surface area contributed by atoms with Gasteiger partial charge in [-0.15, -0.1) is 11.3 Å². The lowest BCUT2D eigenvalue weighted by atomic mass is 9.98. The fourth-order valence-corrected chi connectivity index (χ4v) is 3.99. The molecule has 0 saturated carbocycles. The second kappa shape index (κ2) is 5.08. The van der Waals surface area contributed by atoms with Gasteiger partial charge in [0.1, 0.15) is 0 Å². The summed E-state index contributed by atoms with van der Waals surface area (Å²) in [6, 6.07) is 14.7. The summed E-state index contributed by atoms with van der Waals surface area (Å²) in [5.41, 5.74) is 10.0. The number of hydrogen-bond donors (Lipinski definition) is 1. The smallest absolute Gasteiger partial charge is 0.0566 e. The zero-order valence-electron chi connectivity index (χ0n) is 10.6. The number of fused-ring (bicyclic) bond motifs is 1. The molecule has 1 heterocycles. The third kappa shape index (κ3) is 2.46. The Bertz CT molecular complexity index is 712. The molecular weight excluding hydrogens is 318 g/mol. The molecule has 1 aromatic heterocycles. The molecule has 0 fully saturated rings. The molecule has 0 aliphatic rings. The monoisotopic (exact) mass is 331 g/mol. The maximum absolute atomic E-state index is 6.45. The Balaban J connectivity index is 2.10. The summed E-state index contributed by atoms with van der Waals surface area (Å²) in [5, 5.41) is 3.43. The molecule has 0 saturated heterocycles. The third-order valence-corrected chi connectivity index (χ3v) is 4.71. The van der Waals surface area contributed by atoms with E-state index in [9.17, 15) is 0 Å². The minimum atomic E-state index is -0.0765. The largest absolute Gasteiger partial charge is 0.320 e. The molecule has 0 bridgehead atoms. The average Bonchev–Trinajstić information content (AvgIpc) is 2.80. The summed E-state index contributed by atoms with van der Waals surface area (Å²) >= 11 is 5.29. The van der Waals surface area contributed by atoms with Crippen LogP contribution in [0.2, 0.25) is 0 Å². The van der Waals surface area contributed by atoms with E-state index < -0.39 is 0 Å². The van der Waals surface area contributed by atoms with Gasteiger partial charge in [0, 0.05) is 9.17 Å². The van der Waals surface area contributed by atoms with Crippen LogP contribution >= 0.6 is 27.3 Å². The van der Waals surface area contributed by atoms with E-state index in [4.69, 9.17) is 5.73 Å². The van der Waals surface area contributed by atoms with E-state index in [-0.39, 0.29) is 6.04 Å². The van der Waals surface area contributed by atoms with Gasteiger partial charge in [-0.05, 0) is 52.6 Å². The molecular formula is C16H14BrNS. The first kappa shape index (κ1) is 12.9. The molecule has 0 aliphatic heterocycles. The Morgan fingerprint density at radius 1 is 1.16 bits per heavy atom. The van der Waals surface area contributed by atoms with E-state index in [1.165, 1.54) is 21.2 Å². The summed E-state index contributed by atoms with van der Waals surface area (Å²) in [5.74, 6) is 0. The summed E-state index contributed by atoms with van der Waals surface area (Å²) in [7, 11) is 0. The van der Waals surface area contributed by atoms with Gasteiger partial charge in [0.25, 0.3) is 0 Å². The summed E-state index contributed by atoms with van der Waals surface area (Å²) in [6.07, 6.45) is 0. The Kier molecular flexibility index (Phi) is 3.44. The van der Waals surface area contributed by atoms with Crippen molar-refractivity contribution in [3.8, 4) is 0 Å². The van der Waals surface area contributed by atoms with E-state index in [0.29, 0.717) is 0 Å². The van der Waals surface area contributed by atoms with Gasteiger partial charge in [-0.25, -0.2) is 0 Å². The molecule has 1 atom stereocenters. The zero-order chi connectivity index (χ0) is 13.4. The number of hydrogen-bond acceptors (Lipinski definition) is 2. The van der Waals surface area contributed by atoms with Crippen LogP contribution in [0.15, 0.2) is 52.3 Å². The summed E-state index contributed by atoms with van der Waals surface area (Å²) < 4.78 is 2.37. The van der Waals surface area contributed by atoms with Crippen molar-refractivity contribution in [2.24, 2.45) is 5.73 Å². The minimum Gasteiger partial charge on any atom is -0.320 e. The second-order valence-corrected chi connectivity index (χ2v) is 6.55. The van der Waals surface area contributed by atoms with Gasteiger partial charge in [-0.2, -0.15) is 0 Å². The zero-order valence-corrected chi connectivity index (χ0v) is 13.0. The molecule has 0 aliphatic carbocycles. The quantitative estimate of drug-likeness (QED) is 0.700. The van der Waals surface area contributed by atoms with Gasteiger partial charge in [0.05, 0.1) is 6.04 Å². The standard InChI is InChI=1S/C16H14BrNS/c1-10-6-11(8-12(17)7-10)16(18)14-9-19-15-5-3-2-4-13(14)15/h2-9,16H,18H2,1H3. The molecule has 3 rings (SSSR count). The van der Waals surface area contributed by atoms with E-state index in [1.807, 2.05) is 0 Å². The number of thiophene rings is 1. The van der Waals surface area contributed by atoms with Crippen molar-refractivity contribution in [1.82, 2.24) is 0 Å². The van der Waals surface area contributed by atoms with Crippen LogP contribution in [0.4, 0.5) is 0 Å². The van der Waals surface area contributed by atoms with Crippen molar-refractivity contribution in [3.05, 3.63) is 69.0 Å². The van der Waals surface area contributed by atoms with Gasteiger partial charge >= 0.3 is 0 Å². The van der Waals surface area contributed by atoms with Crippen LogP contribution < -0.4 is 5.73 Å². The predicted octanol–water partition coefficient (Wildman–Crippen LogP) is 5.02. The fourth-order valence-electron chi connectivity index (χ4n) is 2.36. The van der Waals surface area contributed by atoms with E-state index >= 15 is 0 Å². The second-order valence-electron chi connectivity index (χ2n) is 4.73. The summed E-state index contributed by atoms with van der Waals surface area (Å²) in [6.45, 7) is 2.09. The third-order valence-electron chi connectivity index (χ3n) is 3.27. The highest BCUT2D eigenvalue weighted by atomic mass is 79.9. The topological polar surface area (TPSA) is 26.0 Å². The van der Waals surface area contributed by atoms with Crippen molar-refractivity contribution < 1.29 is 0 Å². The highest BCUT2D eigenvalue weighted by Crippen LogP contribution is 2.33. The fraction of sp³-hybridized carbons (Fsp3) is 0.125. The number of nitrogens with two attached hydrogens (primary N) is 1. The van der Waals surface area contributed by atoms with Crippen LogP contribution in [-0.2, 0) is 0 Å². The van der Waals surface area contributed by atoms with Crippen molar-refractivity contribution in [1.29, 1.82) is 0 Å². The maximum Gasteiger partial charge on any atom is 0.0566 e. The van der Waals surface area contributed by atoms with E-state index in [2.05, 4.69) is 70.7 Å². The first-order valence-corrected chi connectivity index (χ1v) is 7.81. The molecule has 2 aromatic carbocycles. The molecule has 0 amide bonds. The van der Waals surface area contributed by atoms with Gasteiger partial charge in [0.2, 0.25) is 0 Å². The van der Waals surface area contributed by atoms with Crippen molar-refractivity contribution >= 4 is 37.4 Å². The van der Waals surface area contributed by atoms with Gasteiger partial charge in [-0.3, -0.25) is 0 Å². The van der Waals surface area contributed by atoms with Crippen molar-refractivity contribution in [3.63, 3.8) is 0 Å². The number of halogens is 1. The van der Waals surface area contributed by atoms with Crippen molar-refractivity contribution in [2.75, 3.05) is 0 Å². The van der Waals surface area contributed by atoms with Crippen LogP contribution in [0.1, 0.15) is 22.7 Å². The maximum atomic E-state index is 6.45. The molecule has 96 valence electrons. The molecule has 3 aromatic rings. The number of rotatable bonds is 2. The normalized spacial score (nSPS) is 12.8. The Morgan fingerprint density at radius 2 is 1.95 bits per heavy atom. The highest BCUT2D eigenvalue weighted by Gasteiger charge is 2.14. The lowest BCUT2D eigenvalue weighted by Gasteiger charge is -2.13. The van der Waals surface area contributed by atoms with E-state index in [0.717, 1.165) is 10.0 Å². The molecule has 3 heteroatoms. The SMILES string of the molecule is Cc1cc(Br)cc(C(N)c2csc3ccccc23)c1. The first-order valence-electron chi connectivity index (χ1n) is 6.14. The molecule has 1 nitrogen and oxygen atoms in total. The average molecular weight is 332 g/mol. The Morgan fingerprint density at radius 3 is 2.74 bits per heavy atom. The predicted molar refractivity (Wildman–Crippen MR) is 86.7 cm³/mol. The molecule has 0 radical (unpaired) electrons. The minimum absolute atomic E-state index is 0.0765. The Hall–Kier alpha value is -1.16. The molecule has 1 unspecified atom stereocenters. The van der Waals surface area contributed by atoms with Gasteiger partial charge in [0.15, 0.2) is 0 Å². The van der Waals surface area contributed by atoms with Gasteiger partial charge in [-0.1, -0.05) is 40.2 Å². The van der Waals surface area contributed by atoms with Crippen LogP contribution in [0.3, 0.4) is 0 Å². The molecule has 19 heavy (non-hydrogen) atoms. The summed E-state index contributed by atoms with van der Waals surface area (Å²) in [4.78, 5) is 0. The van der Waals surface area contributed by atoms with Crippen molar-refractivity contribution in [2.45, 2.75) is 13.0 Å². The first-order chi connectivity index (χ1) is 9.15. The lowest BCUT2D eigenvalue weighted by molar-refractivity contribution is 0.882. The van der Waals surface area contributed by atoms with Crippen LogP contribution in [0.5, 0.6) is 0 Å². The molecule has 2 N–H and O–H groups in total. The highest BCUT2D eigenvalue weighted by molar-refractivity contribution is 9.10. The van der Waals surface area contributed by atoms with Crippen LogP contribution in [0, 0.1) is 6.92 Å². The number of benzene rings is 2. The number of aryl methyl sites for hydroxylation is 1. The van der Waals surface area contributed by atoms with Gasteiger partial charge < -0.3 is 5.73 Å². The lowest BCUT2D eigenvalue weighted by Crippen LogP contribution is -2.11. The van der Waals surface area contributed by atoms with Crippen LogP contribution in [0.25, 0.3) is 10.1 Å². The molecule has 0 spiro atoms.